The minimum absolute atomic E-state index is 0.249. The quantitative estimate of drug-likeness (QED) is 0.649. The largest absolute Gasteiger partial charge is 0.300 e. The second-order valence-corrected chi connectivity index (χ2v) is 6.96. The summed E-state index contributed by atoms with van der Waals surface area (Å²) in [7, 11) is -2.82. The summed E-state index contributed by atoms with van der Waals surface area (Å²) >= 11 is 5.68. The molecule has 0 saturated carbocycles. The number of hydrogen-bond donors (Lipinski definition) is 0. The van der Waals surface area contributed by atoms with Crippen molar-refractivity contribution in [1.29, 1.82) is 0 Å². The zero-order valence-corrected chi connectivity index (χ0v) is 11.4. The number of halogens is 1. The predicted molar refractivity (Wildman–Crippen MR) is 67.9 cm³/mol. The predicted octanol–water partition coefficient (Wildman–Crippen LogP) is 0.278. The molecule has 0 atom stereocenters. The van der Waals surface area contributed by atoms with Gasteiger partial charge >= 0.3 is 0 Å². The zero-order chi connectivity index (χ0) is 12.0. The molecular weight excluding hydrogens is 248 g/mol. The van der Waals surface area contributed by atoms with Crippen molar-refractivity contribution in [2.24, 2.45) is 0 Å². The third-order valence-electron chi connectivity index (χ3n) is 3.02. The van der Waals surface area contributed by atoms with Gasteiger partial charge in [-0.1, -0.05) is 6.92 Å². The SMILES string of the molecule is CCS(=O)(=O)CCN1CCN(CCCl)CC1. The van der Waals surface area contributed by atoms with E-state index in [4.69, 9.17) is 11.6 Å². The van der Waals surface area contributed by atoms with Crippen LogP contribution in [0.2, 0.25) is 0 Å². The summed E-state index contributed by atoms with van der Waals surface area (Å²) in [5, 5.41) is 0. The lowest BCUT2D eigenvalue weighted by Crippen LogP contribution is -2.48. The Hall–Kier alpha value is 0.160. The van der Waals surface area contributed by atoms with Crippen LogP contribution in [0.15, 0.2) is 0 Å². The fraction of sp³-hybridized carbons (Fsp3) is 1.00. The molecule has 0 unspecified atom stereocenters. The Morgan fingerprint density at radius 1 is 1.06 bits per heavy atom. The molecular formula is C10H21ClN2O2S. The maximum atomic E-state index is 11.4. The van der Waals surface area contributed by atoms with Gasteiger partial charge in [0.15, 0.2) is 9.84 Å². The minimum Gasteiger partial charge on any atom is -0.300 e. The van der Waals surface area contributed by atoms with Crippen LogP contribution in [0.3, 0.4) is 0 Å². The Morgan fingerprint density at radius 3 is 2.00 bits per heavy atom. The number of nitrogens with zero attached hydrogens (tertiary/aromatic N) is 2. The lowest BCUT2D eigenvalue weighted by molar-refractivity contribution is 0.144. The number of piperazine rings is 1. The van der Waals surface area contributed by atoms with E-state index in [0.29, 0.717) is 18.2 Å². The Labute approximate surface area is 103 Å². The molecule has 16 heavy (non-hydrogen) atoms. The first-order chi connectivity index (χ1) is 7.57. The highest BCUT2D eigenvalue weighted by Gasteiger charge is 2.17. The van der Waals surface area contributed by atoms with E-state index in [2.05, 4.69) is 9.80 Å². The molecule has 1 rings (SSSR count). The summed E-state index contributed by atoms with van der Waals surface area (Å²) in [6, 6.07) is 0. The van der Waals surface area contributed by atoms with Crippen molar-refractivity contribution in [3.05, 3.63) is 0 Å². The van der Waals surface area contributed by atoms with Gasteiger partial charge in [0.1, 0.15) is 0 Å². The lowest BCUT2D eigenvalue weighted by Gasteiger charge is -2.34. The van der Waals surface area contributed by atoms with E-state index in [0.717, 1.165) is 32.7 Å². The van der Waals surface area contributed by atoms with Gasteiger partial charge in [-0.3, -0.25) is 9.80 Å². The van der Waals surface area contributed by atoms with Crippen LogP contribution in [0, 0.1) is 0 Å². The molecule has 0 amide bonds. The standard InChI is InChI=1S/C10H21ClN2O2S/c1-2-16(14,15)10-9-13-7-5-12(4-3-11)6-8-13/h2-10H2,1H3. The second kappa shape index (κ2) is 6.79. The molecule has 1 fully saturated rings. The smallest absolute Gasteiger partial charge is 0.151 e. The van der Waals surface area contributed by atoms with Gasteiger partial charge in [0.25, 0.3) is 0 Å². The molecule has 0 N–H and O–H groups in total. The molecule has 1 aliphatic rings. The van der Waals surface area contributed by atoms with Crippen LogP contribution in [0.1, 0.15) is 6.92 Å². The molecule has 96 valence electrons. The van der Waals surface area contributed by atoms with E-state index in [1.165, 1.54) is 0 Å². The highest BCUT2D eigenvalue weighted by molar-refractivity contribution is 7.91. The Bertz CT molecular complexity index is 287. The van der Waals surface area contributed by atoms with Crippen molar-refractivity contribution in [2.45, 2.75) is 6.92 Å². The van der Waals surface area contributed by atoms with E-state index >= 15 is 0 Å². The maximum Gasteiger partial charge on any atom is 0.151 e. The van der Waals surface area contributed by atoms with E-state index in [1.54, 1.807) is 6.92 Å². The third kappa shape index (κ3) is 4.99. The van der Waals surface area contributed by atoms with Gasteiger partial charge in [-0.15, -0.1) is 11.6 Å². The van der Waals surface area contributed by atoms with E-state index in [1.807, 2.05) is 0 Å². The first-order valence-electron chi connectivity index (χ1n) is 5.78. The molecule has 0 aromatic carbocycles. The van der Waals surface area contributed by atoms with Crippen molar-refractivity contribution < 1.29 is 8.42 Å². The molecule has 0 radical (unpaired) electrons. The van der Waals surface area contributed by atoms with Gasteiger partial charge in [-0.25, -0.2) is 8.42 Å². The molecule has 0 aromatic heterocycles. The summed E-state index contributed by atoms with van der Waals surface area (Å²) < 4.78 is 22.7. The van der Waals surface area contributed by atoms with Gasteiger partial charge < -0.3 is 0 Å². The van der Waals surface area contributed by atoms with Crippen molar-refractivity contribution in [2.75, 3.05) is 56.7 Å². The van der Waals surface area contributed by atoms with Crippen LogP contribution in [0.5, 0.6) is 0 Å². The zero-order valence-electron chi connectivity index (χ0n) is 9.86. The molecule has 1 aliphatic heterocycles. The normalized spacial score (nSPS) is 20.1. The van der Waals surface area contributed by atoms with Crippen LogP contribution < -0.4 is 0 Å². The fourth-order valence-corrected chi connectivity index (χ4v) is 2.83. The van der Waals surface area contributed by atoms with Gasteiger partial charge in [0.05, 0.1) is 5.75 Å². The van der Waals surface area contributed by atoms with Crippen molar-refractivity contribution in [3.63, 3.8) is 0 Å². The summed E-state index contributed by atoms with van der Waals surface area (Å²) in [6.45, 7) is 7.21. The molecule has 0 spiro atoms. The van der Waals surface area contributed by atoms with E-state index in [-0.39, 0.29) is 5.75 Å². The van der Waals surface area contributed by atoms with Crippen LogP contribution >= 0.6 is 11.6 Å². The molecule has 4 nitrogen and oxygen atoms in total. The van der Waals surface area contributed by atoms with Crippen LogP contribution in [0.25, 0.3) is 0 Å². The van der Waals surface area contributed by atoms with Gasteiger partial charge in [0, 0.05) is 50.9 Å². The van der Waals surface area contributed by atoms with Crippen molar-refractivity contribution in [1.82, 2.24) is 9.80 Å². The van der Waals surface area contributed by atoms with E-state index < -0.39 is 9.84 Å². The highest BCUT2D eigenvalue weighted by Crippen LogP contribution is 2.02. The average molecular weight is 269 g/mol. The molecule has 1 saturated heterocycles. The van der Waals surface area contributed by atoms with E-state index in [9.17, 15) is 8.42 Å². The topological polar surface area (TPSA) is 40.6 Å². The summed E-state index contributed by atoms with van der Waals surface area (Å²) in [5.74, 6) is 1.21. The molecule has 0 bridgehead atoms. The maximum absolute atomic E-state index is 11.4. The molecule has 6 heteroatoms. The molecule has 0 aromatic rings. The second-order valence-electron chi connectivity index (χ2n) is 4.11. The van der Waals surface area contributed by atoms with Crippen molar-refractivity contribution >= 4 is 21.4 Å². The van der Waals surface area contributed by atoms with Crippen LogP contribution in [-0.4, -0.2) is 74.9 Å². The molecule has 0 aliphatic carbocycles. The average Bonchev–Trinajstić information content (AvgIpc) is 2.29. The Morgan fingerprint density at radius 2 is 1.56 bits per heavy atom. The summed E-state index contributed by atoms with van der Waals surface area (Å²) in [4.78, 5) is 4.54. The molecule has 1 heterocycles. The summed E-state index contributed by atoms with van der Waals surface area (Å²) in [6.07, 6.45) is 0. The number of rotatable bonds is 6. The fourth-order valence-electron chi connectivity index (χ4n) is 1.77. The van der Waals surface area contributed by atoms with Crippen LogP contribution in [0.4, 0.5) is 0 Å². The van der Waals surface area contributed by atoms with Gasteiger partial charge in [-0.05, 0) is 0 Å². The number of hydrogen-bond acceptors (Lipinski definition) is 4. The Balaban J connectivity index is 2.22. The first kappa shape index (κ1) is 14.2. The number of alkyl halides is 1. The minimum atomic E-state index is -2.82. The summed E-state index contributed by atoms with van der Waals surface area (Å²) in [5.41, 5.74) is 0. The lowest BCUT2D eigenvalue weighted by atomic mass is 10.3. The monoisotopic (exact) mass is 268 g/mol. The van der Waals surface area contributed by atoms with Gasteiger partial charge in [-0.2, -0.15) is 0 Å². The number of sulfone groups is 1. The first-order valence-corrected chi connectivity index (χ1v) is 8.14. The van der Waals surface area contributed by atoms with Crippen molar-refractivity contribution in [3.8, 4) is 0 Å². The van der Waals surface area contributed by atoms with Gasteiger partial charge in [0.2, 0.25) is 0 Å². The highest BCUT2D eigenvalue weighted by atomic mass is 35.5. The third-order valence-corrected chi connectivity index (χ3v) is 4.88. The van der Waals surface area contributed by atoms with Crippen LogP contribution in [-0.2, 0) is 9.84 Å². The Kier molecular flexibility index (Phi) is 6.03.